The van der Waals surface area contributed by atoms with Gasteiger partial charge in [0.1, 0.15) is 23.7 Å². The number of piperazine rings is 1. The Bertz CT molecular complexity index is 1090. The number of carbonyl (C=O) groups is 1. The molecule has 0 bridgehead atoms. The van der Waals surface area contributed by atoms with Crippen LogP contribution in [0, 0.1) is 19.7 Å². The van der Waals surface area contributed by atoms with E-state index in [1.165, 1.54) is 18.5 Å². The van der Waals surface area contributed by atoms with Crippen LogP contribution in [0.1, 0.15) is 11.1 Å². The van der Waals surface area contributed by atoms with Gasteiger partial charge in [-0.25, -0.2) is 14.4 Å². The van der Waals surface area contributed by atoms with Gasteiger partial charge in [-0.2, -0.15) is 0 Å². The first-order valence-electron chi connectivity index (χ1n) is 10.4. The second-order valence-electron chi connectivity index (χ2n) is 7.80. The van der Waals surface area contributed by atoms with Crippen molar-refractivity contribution in [2.24, 2.45) is 0 Å². The van der Waals surface area contributed by atoms with Gasteiger partial charge < -0.3 is 14.5 Å². The predicted molar refractivity (Wildman–Crippen MR) is 123 cm³/mol. The highest BCUT2D eigenvalue weighted by Crippen LogP contribution is 2.26. The van der Waals surface area contributed by atoms with Crippen LogP contribution < -0.4 is 9.64 Å². The summed E-state index contributed by atoms with van der Waals surface area (Å²) in [5.74, 6) is 1.10. The topological polar surface area (TPSA) is 58.6 Å². The summed E-state index contributed by atoms with van der Waals surface area (Å²) in [5.41, 5.74) is 3.41. The molecule has 4 rings (SSSR count). The van der Waals surface area contributed by atoms with E-state index in [-0.39, 0.29) is 18.3 Å². The van der Waals surface area contributed by atoms with E-state index in [4.69, 9.17) is 16.3 Å². The van der Waals surface area contributed by atoms with Gasteiger partial charge in [-0.3, -0.25) is 4.79 Å². The van der Waals surface area contributed by atoms with Crippen LogP contribution in [-0.4, -0.2) is 53.6 Å². The van der Waals surface area contributed by atoms with Gasteiger partial charge in [0.2, 0.25) is 0 Å². The number of amides is 1. The van der Waals surface area contributed by atoms with Crippen LogP contribution in [0.3, 0.4) is 0 Å². The molecule has 1 saturated heterocycles. The molecule has 1 aliphatic heterocycles. The first kappa shape index (κ1) is 22.0. The molecule has 1 aromatic heterocycles. The summed E-state index contributed by atoms with van der Waals surface area (Å²) in [5, 5.41) is 0.715. The fourth-order valence-electron chi connectivity index (χ4n) is 3.71. The molecule has 0 aliphatic carbocycles. The number of halogens is 2. The molecule has 1 fully saturated rings. The fraction of sp³-hybridized carbons (Fsp3) is 0.292. The third kappa shape index (κ3) is 4.99. The van der Waals surface area contributed by atoms with Gasteiger partial charge >= 0.3 is 0 Å². The third-order valence-electron chi connectivity index (χ3n) is 5.52. The van der Waals surface area contributed by atoms with Gasteiger partial charge in [0.05, 0.1) is 5.69 Å². The highest BCUT2D eigenvalue weighted by molar-refractivity contribution is 6.32. The largest absolute Gasteiger partial charge is 0.484 e. The molecule has 8 heteroatoms. The maximum atomic E-state index is 13.2. The van der Waals surface area contributed by atoms with Gasteiger partial charge in [0.25, 0.3) is 5.91 Å². The zero-order chi connectivity index (χ0) is 22.7. The quantitative estimate of drug-likeness (QED) is 0.576. The van der Waals surface area contributed by atoms with E-state index >= 15 is 0 Å². The monoisotopic (exact) mass is 454 g/mol. The highest BCUT2D eigenvalue weighted by Gasteiger charge is 2.22. The lowest BCUT2D eigenvalue weighted by Gasteiger charge is -2.35. The molecule has 2 aromatic carbocycles. The minimum absolute atomic E-state index is 0.0112. The third-order valence-corrected chi connectivity index (χ3v) is 6.12. The number of rotatable bonds is 5. The number of hydrogen-bond acceptors (Lipinski definition) is 5. The van der Waals surface area contributed by atoms with Gasteiger partial charge in [0.15, 0.2) is 6.61 Å². The minimum atomic E-state index is -0.283. The summed E-state index contributed by atoms with van der Waals surface area (Å²) in [6, 6.07) is 11.8. The summed E-state index contributed by atoms with van der Waals surface area (Å²) >= 11 is 6.19. The number of benzene rings is 2. The number of carbonyl (C=O) groups excluding carboxylic acids is 1. The van der Waals surface area contributed by atoms with Crippen LogP contribution >= 0.6 is 11.6 Å². The van der Waals surface area contributed by atoms with Crippen molar-refractivity contribution in [2.45, 2.75) is 13.8 Å². The summed E-state index contributed by atoms with van der Waals surface area (Å²) in [7, 11) is 0. The van der Waals surface area contributed by atoms with E-state index < -0.39 is 0 Å². The number of nitrogens with zero attached hydrogens (tertiary/aromatic N) is 4. The number of anilines is 1. The standard InChI is InChI=1S/C24H24ClFN4O2/c1-16-11-20(12-17(2)24(16)25)32-14-23(31)30-9-7-29(8-10-30)22-13-21(27-15-28-22)18-3-5-19(26)6-4-18/h3-6,11-13,15H,7-10,14H2,1-2H3. The summed E-state index contributed by atoms with van der Waals surface area (Å²) < 4.78 is 18.9. The Morgan fingerprint density at radius 2 is 1.69 bits per heavy atom. The van der Waals surface area contributed by atoms with Crippen molar-refractivity contribution >= 4 is 23.3 Å². The number of hydrogen-bond donors (Lipinski definition) is 0. The van der Waals surface area contributed by atoms with E-state index in [9.17, 15) is 9.18 Å². The molecule has 0 N–H and O–H groups in total. The van der Waals surface area contributed by atoms with Crippen LogP contribution in [0.5, 0.6) is 5.75 Å². The minimum Gasteiger partial charge on any atom is -0.484 e. The highest BCUT2D eigenvalue weighted by atomic mass is 35.5. The van der Waals surface area contributed by atoms with Gasteiger partial charge in [-0.05, 0) is 61.4 Å². The SMILES string of the molecule is Cc1cc(OCC(=O)N2CCN(c3cc(-c4ccc(F)cc4)ncn3)CC2)cc(C)c1Cl. The smallest absolute Gasteiger partial charge is 0.260 e. The molecule has 0 radical (unpaired) electrons. The molecule has 0 atom stereocenters. The molecule has 6 nitrogen and oxygen atoms in total. The van der Waals surface area contributed by atoms with E-state index in [1.54, 1.807) is 17.0 Å². The van der Waals surface area contributed by atoms with Crippen LogP contribution in [-0.2, 0) is 4.79 Å². The molecular weight excluding hydrogens is 431 g/mol. The molecule has 0 spiro atoms. The Kier molecular flexibility index (Phi) is 6.55. The average Bonchev–Trinajstić information content (AvgIpc) is 2.81. The number of ether oxygens (including phenoxy) is 1. The molecular formula is C24H24ClFN4O2. The second kappa shape index (κ2) is 9.53. The van der Waals surface area contributed by atoms with Crippen molar-refractivity contribution in [1.82, 2.24) is 14.9 Å². The van der Waals surface area contributed by atoms with Crippen molar-refractivity contribution in [1.29, 1.82) is 0 Å². The van der Waals surface area contributed by atoms with Crippen molar-refractivity contribution in [3.8, 4) is 17.0 Å². The maximum absolute atomic E-state index is 13.2. The Hall–Kier alpha value is -3.19. The average molecular weight is 455 g/mol. The van der Waals surface area contributed by atoms with E-state index in [0.717, 1.165) is 28.2 Å². The zero-order valence-corrected chi connectivity index (χ0v) is 18.8. The first-order chi connectivity index (χ1) is 15.4. The van der Waals surface area contributed by atoms with Crippen molar-refractivity contribution < 1.29 is 13.9 Å². The van der Waals surface area contributed by atoms with Crippen molar-refractivity contribution in [3.05, 3.63) is 70.8 Å². The Morgan fingerprint density at radius 1 is 1.03 bits per heavy atom. The number of aromatic nitrogens is 2. The first-order valence-corrected chi connectivity index (χ1v) is 10.8. The van der Waals surface area contributed by atoms with Gasteiger partial charge in [0, 0.05) is 42.8 Å². The second-order valence-corrected chi connectivity index (χ2v) is 8.17. The molecule has 166 valence electrons. The van der Waals surface area contributed by atoms with Crippen LogP contribution in [0.25, 0.3) is 11.3 Å². The van der Waals surface area contributed by atoms with E-state index in [2.05, 4.69) is 14.9 Å². The maximum Gasteiger partial charge on any atom is 0.260 e. The molecule has 1 amide bonds. The molecule has 3 aromatic rings. The Labute approximate surface area is 191 Å². The summed E-state index contributed by atoms with van der Waals surface area (Å²) in [6.07, 6.45) is 1.51. The predicted octanol–water partition coefficient (Wildman–Crippen LogP) is 4.28. The molecule has 32 heavy (non-hydrogen) atoms. The van der Waals surface area contributed by atoms with Gasteiger partial charge in [-0.15, -0.1) is 0 Å². The number of aryl methyl sites for hydroxylation is 2. The lowest BCUT2D eigenvalue weighted by Crippen LogP contribution is -2.50. The fourth-order valence-corrected chi connectivity index (χ4v) is 3.82. The molecule has 0 unspecified atom stereocenters. The normalized spacial score (nSPS) is 13.9. The van der Waals surface area contributed by atoms with Crippen LogP contribution in [0.15, 0.2) is 48.8 Å². The Morgan fingerprint density at radius 3 is 2.34 bits per heavy atom. The lowest BCUT2D eigenvalue weighted by atomic mass is 10.1. The lowest BCUT2D eigenvalue weighted by molar-refractivity contribution is -0.133. The molecule has 0 saturated carbocycles. The van der Waals surface area contributed by atoms with E-state index in [1.807, 2.05) is 32.0 Å². The Balaban J connectivity index is 1.33. The molecule has 2 heterocycles. The summed E-state index contributed by atoms with van der Waals surface area (Å²) in [6.45, 7) is 6.29. The van der Waals surface area contributed by atoms with Crippen molar-refractivity contribution in [2.75, 3.05) is 37.7 Å². The zero-order valence-electron chi connectivity index (χ0n) is 18.0. The van der Waals surface area contributed by atoms with E-state index in [0.29, 0.717) is 37.0 Å². The van der Waals surface area contributed by atoms with Crippen molar-refractivity contribution in [3.63, 3.8) is 0 Å². The van der Waals surface area contributed by atoms with Gasteiger partial charge in [-0.1, -0.05) is 11.6 Å². The molecule has 1 aliphatic rings. The van der Waals surface area contributed by atoms with Crippen LogP contribution in [0.2, 0.25) is 5.02 Å². The summed E-state index contributed by atoms with van der Waals surface area (Å²) in [4.78, 5) is 25.2. The van der Waals surface area contributed by atoms with Crippen LogP contribution in [0.4, 0.5) is 10.2 Å².